The Morgan fingerprint density at radius 3 is 2.83 bits per heavy atom. The molecule has 24 heavy (non-hydrogen) atoms. The summed E-state index contributed by atoms with van der Waals surface area (Å²) in [6.45, 7) is 5.16. The molecule has 3 heterocycles. The number of nitrogens with one attached hydrogen (secondary N) is 1. The van der Waals surface area contributed by atoms with E-state index in [2.05, 4.69) is 22.7 Å². The monoisotopic (exact) mass is 321 g/mol. The van der Waals surface area contributed by atoms with Gasteiger partial charge in [-0.15, -0.1) is 0 Å². The second-order valence-corrected chi connectivity index (χ2v) is 6.86. The van der Waals surface area contributed by atoms with Crippen molar-refractivity contribution in [1.82, 2.24) is 14.7 Å². The predicted octanol–water partition coefficient (Wildman–Crippen LogP) is 2.16. The summed E-state index contributed by atoms with van der Waals surface area (Å²) in [7, 11) is 0. The van der Waals surface area contributed by atoms with E-state index in [1.54, 1.807) is 4.90 Å². The van der Waals surface area contributed by atoms with E-state index in [1.165, 1.54) is 0 Å². The topological polar surface area (TPSA) is 74.0 Å². The summed E-state index contributed by atoms with van der Waals surface area (Å²) < 4.78 is 1.93. The highest BCUT2D eigenvalue weighted by Crippen LogP contribution is 2.41. The molecule has 6 heteroatoms. The number of aromatic nitrogens is 2. The van der Waals surface area contributed by atoms with Crippen molar-refractivity contribution in [1.29, 1.82) is 5.26 Å². The van der Waals surface area contributed by atoms with Crippen LogP contribution in [0.15, 0.2) is 24.3 Å². The van der Waals surface area contributed by atoms with Crippen LogP contribution in [0.4, 0.5) is 5.69 Å². The number of carbonyl (C=O) groups excluding carboxylic acids is 1. The summed E-state index contributed by atoms with van der Waals surface area (Å²) in [4.78, 5) is 14.3. The van der Waals surface area contributed by atoms with Gasteiger partial charge in [-0.05, 0) is 56.5 Å². The normalized spacial score (nSPS) is 22.4. The molecule has 2 aliphatic heterocycles. The molecule has 6 nitrogen and oxygen atoms in total. The maximum Gasteiger partial charge on any atom is 0.232 e. The molecule has 0 bridgehead atoms. The van der Waals surface area contributed by atoms with Crippen LogP contribution in [-0.2, 0) is 11.2 Å². The minimum atomic E-state index is -0.490. The van der Waals surface area contributed by atoms with Crippen molar-refractivity contribution in [2.75, 3.05) is 18.4 Å². The molecule has 1 aromatic carbocycles. The molecule has 1 unspecified atom stereocenters. The Kier molecular flexibility index (Phi) is 3.14. The van der Waals surface area contributed by atoms with E-state index in [0.717, 1.165) is 34.7 Å². The van der Waals surface area contributed by atoms with Gasteiger partial charge in [0.2, 0.25) is 5.91 Å². The average molecular weight is 321 g/mol. The molecule has 1 aromatic heterocycles. The van der Waals surface area contributed by atoms with Crippen LogP contribution in [0.1, 0.15) is 23.4 Å². The van der Waals surface area contributed by atoms with Crippen LogP contribution >= 0.6 is 0 Å². The highest BCUT2D eigenvalue weighted by atomic mass is 16.2. The van der Waals surface area contributed by atoms with E-state index < -0.39 is 5.41 Å². The number of likely N-dealkylation sites (tertiary alicyclic amines) is 1. The van der Waals surface area contributed by atoms with Crippen LogP contribution in [-0.4, -0.2) is 33.7 Å². The number of benzene rings is 1. The lowest BCUT2D eigenvalue weighted by molar-refractivity contribution is -0.125. The SMILES string of the molecule is Cc1cc(C)n(-c2ccc3c(c2)CC2(CCN(C#N)C2)C(=O)N3)n1. The number of hydrogen-bond acceptors (Lipinski definition) is 4. The fourth-order valence-electron chi connectivity index (χ4n) is 3.86. The lowest BCUT2D eigenvalue weighted by Gasteiger charge is -2.33. The summed E-state index contributed by atoms with van der Waals surface area (Å²) in [5, 5.41) is 16.7. The summed E-state index contributed by atoms with van der Waals surface area (Å²) in [5.74, 6) is 0.0339. The van der Waals surface area contributed by atoms with Gasteiger partial charge in [0.05, 0.1) is 16.8 Å². The first-order valence-electron chi connectivity index (χ1n) is 8.13. The molecule has 1 atom stereocenters. The quantitative estimate of drug-likeness (QED) is 0.817. The Labute approximate surface area is 140 Å². The van der Waals surface area contributed by atoms with E-state index in [-0.39, 0.29) is 5.91 Å². The summed E-state index contributed by atoms with van der Waals surface area (Å²) >= 11 is 0. The maximum absolute atomic E-state index is 12.6. The molecule has 4 rings (SSSR count). The van der Waals surface area contributed by atoms with Gasteiger partial charge >= 0.3 is 0 Å². The highest BCUT2D eigenvalue weighted by Gasteiger charge is 2.47. The Morgan fingerprint density at radius 2 is 2.17 bits per heavy atom. The molecule has 122 valence electrons. The number of aryl methyl sites for hydroxylation is 2. The molecule has 1 amide bonds. The molecule has 1 N–H and O–H groups in total. The molecule has 2 aliphatic rings. The van der Waals surface area contributed by atoms with E-state index in [0.29, 0.717) is 19.5 Å². The third-order valence-corrected chi connectivity index (χ3v) is 5.10. The van der Waals surface area contributed by atoms with E-state index in [9.17, 15) is 4.79 Å². The number of anilines is 1. The first-order chi connectivity index (χ1) is 11.5. The zero-order valence-corrected chi connectivity index (χ0v) is 13.8. The third kappa shape index (κ3) is 2.16. The van der Waals surface area contributed by atoms with E-state index >= 15 is 0 Å². The average Bonchev–Trinajstić information content (AvgIpc) is 3.12. The smallest absolute Gasteiger partial charge is 0.232 e. The van der Waals surface area contributed by atoms with Gasteiger partial charge in [-0.2, -0.15) is 10.4 Å². The Balaban J connectivity index is 1.72. The molecular weight excluding hydrogens is 302 g/mol. The number of carbonyl (C=O) groups is 1. The Morgan fingerprint density at radius 1 is 1.33 bits per heavy atom. The first-order valence-corrected chi connectivity index (χ1v) is 8.13. The minimum absolute atomic E-state index is 0.0339. The molecule has 1 saturated heterocycles. The third-order valence-electron chi connectivity index (χ3n) is 5.10. The highest BCUT2D eigenvalue weighted by molar-refractivity contribution is 5.99. The van der Waals surface area contributed by atoms with Gasteiger partial charge in [0.1, 0.15) is 0 Å². The van der Waals surface area contributed by atoms with Gasteiger partial charge in [-0.3, -0.25) is 4.79 Å². The van der Waals surface area contributed by atoms with Gasteiger partial charge in [0.15, 0.2) is 6.19 Å². The van der Waals surface area contributed by atoms with Crippen molar-refractivity contribution in [2.45, 2.75) is 26.7 Å². The van der Waals surface area contributed by atoms with Crippen LogP contribution in [0.25, 0.3) is 5.69 Å². The van der Waals surface area contributed by atoms with Crippen molar-refractivity contribution in [2.24, 2.45) is 5.41 Å². The largest absolute Gasteiger partial charge is 0.325 e. The zero-order valence-electron chi connectivity index (χ0n) is 13.8. The molecule has 1 spiro atoms. The first kappa shape index (κ1) is 14.8. The predicted molar refractivity (Wildman–Crippen MR) is 89.6 cm³/mol. The van der Waals surface area contributed by atoms with Crippen LogP contribution in [0, 0.1) is 30.7 Å². The van der Waals surface area contributed by atoms with E-state index in [4.69, 9.17) is 5.26 Å². The molecular formula is C18H19N5O. The van der Waals surface area contributed by atoms with Gasteiger partial charge in [-0.1, -0.05) is 0 Å². The Bertz CT molecular complexity index is 878. The fourth-order valence-corrected chi connectivity index (χ4v) is 3.86. The van der Waals surface area contributed by atoms with Crippen LogP contribution in [0.3, 0.4) is 0 Å². The number of rotatable bonds is 1. The molecule has 0 aliphatic carbocycles. The maximum atomic E-state index is 12.6. The molecule has 1 fully saturated rings. The second-order valence-electron chi connectivity index (χ2n) is 6.86. The molecule has 0 saturated carbocycles. The van der Waals surface area contributed by atoms with Crippen molar-refractivity contribution >= 4 is 11.6 Å². The lowest BCUT2D eigenvalue weighted by Crippen LogP contribution is -2.43. The number of hydrogen-bond donors (Lipinski definition) is 1. The zero-order chi connectivity index (χ0) is 16.9. The lowest BCUT2D eigenvalue weighted by atomic mass is 9.77. The van der Waals surface area contributed by atoms with Crippen molar-refractivity contribution in [3.63, 3.8) is 0 Å². The second kappa shape index (κ2) is 5.10. The molecule has 0 radical (unpaired) electrons. The minimum Gasteiger partial charge on any atom is -0.325 e. The number of nitriles is 1. The standard InChI is InChI=1S/C18H19N5O/c1-12-7-13(2)23(21-12)15-3-4-16-14(8-15)9-18(17(24)20-16)5-6-22(10-18)11-19/h3-4,7-8H,5-6,9-10H2,1-2H3,(H,20,24). The van der Waals surface area contributed by atoms with Gasteiger partial charge < -0.3 is 10.2 Å². The number of fused-ring (bicyclic) bond motifs is 1. The number of nitrogens with zero attached hydrogens (tertiary/aromatic N) is 4. The van der Waals surface area contributed by atoms with Gasteiger partial charge in [0.25, 0.3) is 0 Å². The van der Waals surface area contributed by atoms with Crippen molar-refractivity contribution < 1.29 is 4.79 Å². The summed E-state index contributed by atoms with van der Waals surface area (Å²) in [6, 6.07) is 8.07. The van der Waals surface area contributed by atoms with Gasteiger partial charge in [0, 0.05) is 24.5 Å². The summed E-state index contributed by atoms with van der Waals surface area (Å²) in [5.41, 5.74) is 4.55. The summed E-state index contributed by atoms with van der Waals surface area (Å²) in [6.07, 6.45) is 3.55. The van der Waals surface area contributed by atoms with Crippen molar-refractivity contribution in [3.05, 3.63) is 41.2 Å². The molecule has 2 aromatic rings. The van der Waals surface area contributed by atoms with Gasteiger partial charge in [-0.25, -0.2) is 4.68 Å². The van der Waals surface area contributed by atoms with E-state index in [1.807, 2.05) is 36.7 Å². The number of amides is 1. The van der Waals surface area contributed by atoms with Crippen LogP contribution in [0.2, 0.25) is 0 Å². The van der Waals surface area contributed by atoms with Crippen molar-refractivity contribution in [3.8, 4) is 11.9 Å². The Hall–Kier alpha value is -2.81. The van der Waals surface area contributed by atoms with Crippen LogP contribution in [0.5, 0.6) is 0 Å². The van der Waals surface area contributed by atoms with Crippen LogP contribution < -0.4 is 5.32 Å². The fraction of sp³-hybridized carbons (Fsp3) is 0.389.